The first-order chi connectivity index (χ1) is 19.0. The number of nitrogens with one attached hydrogen (secondary N) is 1. The van der Waals surface area contributed by atoms with Gasteiger partial charge in [0.05, 0.1) is 33.8 Å². The van der Waals surface area contributed by atoms with E-state index in [1.807, 2.05) is 24.3 Å². The Bertz CT molecular complexity index is 1590. The second-order valence-electron chi connectivity index (χ2n) is 10.2. The largest absolute Gasteiger partial charge is 0.419 e. The van der Waals surface area contributed by atoms with Crippen LogP contribution in [0.5, 0.6) is 0 Å². The minimum absolute atomic E-state index is 0.000327. The molecule has 0 spiro atoms. The Kier molecular flexibility index (Phi) is 6.95. The highest BCUT2D eigenvalue weighted by atomic mass is 79.9. The molecule has 0 saturated heterocycles. The van der Waals surface area contributed by atoms with E-state index in [1.54, 1.807) is 18.2 Å². The van der Waals surface area contributed by atoms with Crippen LogP contribution in [0.25, 0.3) is 28.5 Å². The van der Waals surface area contributed by atoms with Crippen LogP contribution in [0.4, 0.5) is 13.2 Å². The molecular weight excluding hydrogens is 634 g/mol. The summed E-state index contributed by atoms with van der Waals surface area (Å²) in [4.78, 5) is 13.8. The van der Waals surface area contributed by atoms with Crippen LogP contribution in [0.1, 0.15) is 54.8 Å². The predicted molar refractivity (Wildman–Crippen MR) is 147 cm³/mol. The lowest BCUT2D eigenvalue weighted by atomic mass is 9.92. The maximum absolute atomic E-state index is 13.8. The second-order valence-corrected chi connectivity index (χ2v) is 11.9. The second kappa shape index (κ2) is 10.2. The molecule has 2 fully saturated rings. The average Bonchev–Trinajstić information content (AvgIpc) is 3.28. The van der Waals surface area contributed by atoms with E-state index >= 15 is 0 Å². The van der Waals surface area contributed by atoms with Gasteiger partial charge in [-0.3, -0.25) is 4.79 Å². The molecule has 2 saturated carbocycles. The van der Waals surface area contributed by atoms with E-state index < -0.39 is 23.9 Å². The molecule has 1 N–H and O–H groups in total. The zero-order chi connectivity index (χ0) is 28.2. The maximum atomic E-state index is 13.8. The molecule has 1 amide bonds. The number of carbonyl (C=O) groups is 1. The van der Waals surface area contributed by atoms with Crippen molar-refractivity contribution in [2.45, 2.75) is 56.2 Å². The number of aromatic nitrogens is 4. The molecule has 0 atom stereocenters. The van der Waals surface area contributed by atoms with Crippen LogP contribution in [0.3, 0.4) is 0 Å². The first kappa shape index (κ1) is 27.3. The normalized spacial score (nSPS) is 16.6. The average molecular weight is 655 g/mol. The smallest absolute Gasteiger partial charge is 0.390 e. The molecule has 4 aromatic rings. The van der Waals surface area contributed by atoms with Crippen LogP contribution in [0.15, 0.2) is 51.4 Å². The molecule has 0 unspecified atom stereocenters. The molecule has 0 radical (unpaired) electrons. The van der Waals surface area contributed by atoms with Crippen LogP contribution in [0.2, 0.25) is 10.0 Å². The molecular formula is C27H21BrCl2F3N5O2. The lowest BCUT2D eigenvalue weighted by molar-refractivity contribution is -0.142. The van der Waals surface area contributed by atoms with Crippen molar-refractivity contribution in [1.82, 2.24) is 25.3 Å². The predicted octanol–water partition coefficient (Wildman–Crippen LogP) is 7.92. The highest BCUT2D eigenvalue weighted by molar-refractivity contribution is 9.10. The molecule has 208 valence electrons. The number of hydrogen-bond donors (Lipinski definition) is 1. The summed E-state index contributed by atoms with van der Waals surface area (Å²) in [5.41, 5.74) is 0.415. The number of halogens is 6. The molecule has 0 aliphatic heterocycles. The van der Waals surface area contributed by atoms with E-state index in [9.17, 15) is 18.0 Å². The molecule has 2 aromatic heterocycles. The Labute approximate surface area is 245 Å². The van der Waals surface area contributed by atoms with Crippen molar-refractivity contribution in [2.24, 2.45) is 0 Å². The summed E-state index contributed by atoms with van der Waals surface area (Å²) < 4.78 is 48.0. The van der Waals surface area contributed by atoms with Crippen molar-refractivity contribution in [3.63, 3.8) is 0 Å². The van der Waals surface area contributed by atoms with Gasteiger partial charge in [0.25, 0.3) is 11.8 Å². The summed E-state index contributed by atoms with van der Waals surface area (Å²) in [6.07, 6.45) is -2.20. The van der Waals surface area contributed by atoms with E-state index in [-0.39, 0.29) is 46.9 Å². The number of amides is 1. The number of benzene rings is 2. The third-order valence-electron chi connectivity index (χ3n) is 7.28. The zero-order valence-electron chi connectivity index (χ0n) is 20.7. The van der Waals surface area contributed by atoms with E-state index in [0.29, 0.717) is 22.0 Å². The summed E-state index contributed by atoms with van der Waals surface area (Å²) in [7, 11) is 0. The highest BCUT2D eigenvalue weighted by Crippen LogP contribution is 2.54. The Morgan fingerprint density at radius 3 is 2.45 bits per heavy atom. The van der Waals surface area contributed by atoms with Crippen molar-refractivity contribution in [3.05, 3.63) is 68.4 Å². The fraction of sp³-hybridized carbons (Fsp3) is 0.333. The molecule has 13 heteroatoms. The molecule has 0 bridgehead atoms. The van der Waals surface area contributed by atoms with Crippen LogP contribution >= 0.6 is 39.1 Å². The van der Waals surface area contributed by atoms with Gasteiger partial charge in [0.15, 0.2) is 5.69 Å². The van der Waals surface area contributed by atoms with Gasteiger partial charge in [-0.05, 0) is 62.4 Å². The summed E-state index contributed by atoms with van der Waals surface area (Å²) in [5.74, 6) is -0.677. The Morgan fingerprint density at radius 1 is 1.12 bits per heavy atom. The van der Waals surface area contributed by atoms with Crippen LogP contribution in [-0.2, 0) is 5.41 Å². The Balaban J connectivity index is 1.55. The first-order valence-electron chi connectivity index (χ1n) is 12.6. The Morgan fingerprint density at radius 2 is 1.85 bits per heavy atom. The van der Waals surface area contributed by atoms with E-state index in [1.165, 1.54) is 4.68 Å². The van der Waals surface area contributed by atoms with Crippen LogP contribution in [-0.4, -0.2) is 38.1 Å². The van der Waals surface area contributed by atoms with Gasteiger partial charge in [-0.1, -0.05) is 51.3 Å². The van der Waals surface area contributed by atoms with Gasteiger partial charge >= 0.3 is 6.18 Å². The fourth-order valence-corrected chi connectivity index (χ4v) is 5.58. The molecule has 2 aromatic carbocycles. The molecule has 2 aliphatic rings. The lowest BCUT2D eigenvalue weighted by Crippen LogP contribution is -2.39. The summed E-state index contributed by atoms with van der Waals surface area (Å²) >= 11 is 16.2. The number of nitrogens with zero attached hydrogens (tertiary/aromatic N) is 4. The van der Waals surface area contributed by atoms with E-state index in [0.717, 1.165) is 23.7 Å². The minimum atomic E-state index is -4.39. The van der Waals surface area contributed by atoms with Gasteiger partial charge in [0.1, 0.15) is 0 Å². The standard InChI is InChI=1S/C27H21BrCl2F3N5O2/c28-15-6-4-14(5-7-15)22-20(23(39)34-17-2-1-3-17)21(37-38(22)19-9-8-16(29)12-18(19)30)24-35-36-25(40-24)26(10-11-26)13-27(31,32)33/h4-9,12,17H,1-3,10-11,13H2,(H,34,39). The van der Waals surface area contributed by atoms with Gasteiger partial charge in [0, 0.05) is 21.1 Å². The summed E-state index contributed by atoms with van der Waals surface area (Å²) in [5, 5.41) is 16.5. The third kappa shape index (κ3) is 5.26. The van der Waals surface area contributed by atoms with Crippen molar-refractivity contribution >= 4 is 45.0 Å². The van der Waals surface area contributed by atoms with Crippen molar-refractivity contribution in [2.75, 3.05) is 0 Å². The van der Waals surface area contributed by atoms with Gasteiger partial charge in [-0.15, -0.1) is 10.2 Å². The number of hydrogen-bond acceptors (Lipinski definition) is 5. The van der Waals surface area contributed by atoms with Gasteiger partial charge in [-0.2, -0.15) is 18.3 Å². The van der Waals surface area contributed by atoms with Crippen LogP contribution in [0, 0.1) is 0 Å². The molecule has 7 nitrogen and oxygen atoms in total. The molecule has 2 heterocycles. The number of alkyl halides is 3. The van der Waals surface area contributed by atoms with Gasteiger partial charge in [-0.25, -0.2) is 4.68 Å². The van der Waals surface area contributed by atoms with Gasteiger partial charge in [0.2, 0.25) is 5.89 Å². The third-order valence-corrected chi connectivity index (χ3v) is 8.35. The van der Waals surface area contributed by atoms with Crippen molar-refractivity contribution in [3.8, 4) is 28.5 Å². The Hall–Kier alpha value is -2.89. The number of carbonyl (C=O) groups excluding carboxylic acids is 1. The highest BCUT2D eigenvalue weighted by Gasteiger charge is 2.55. The van der Waals surface area contributed by atoms with E-state index in [2.05, 4.69) is 31.4 Å². The van der Waals surface area contributed by atoms with Crippen molar-refractivity contribution < 1.29 is 22.4 Å². The quantitative estimate of drug-likeness (QED) is 0.219. The van der Waals surface area contributed by atoms with E-state index in [4.69, 9.17) is 32.7 Å². The van der Waals surface area contributed by atoms with Crippen molar-refractivity contribution in [1.29, 1.82) is 0 Å². The SMILES string of the molecule is O=C(NC1CCC1)c1c(-c2nnc(C3(CC(F)(F)F)CC3)o2)nn(-c2ccc(Cl)cc2Cl)c1-c1ccc(Br)cc1. The number of rotatable bonds is 7. The fourth-order valence-electron chi connectivity index (χ4n) is 4.83. The molecule has 6 rings (SSSR count). The molecule has 2 aliphatic carbocycles. The van der Waals surface area contributed by atoms with Crippen LogP contribution < -0.4 is 5.32 Å². The molecule has 40 heavy (non-hydrogen) atoms. The first-order valence-corrected chi connectivity index (χ1v) is 14.1. The summed E-state index contributed by atoms with van der Waals surface area (Å²) in [6, 6.07) is 12.1. The topological polar surface area (TPSA) is 85.8 Å². The van der Waals surface area contributed by atoms with Gasteiger partial charge < -0.3 is 9.73 Å². The summed E-state index contributed by atoms with van der Waals surface area (Å²) in [6.45, 7) is 0. The maximum Gasteiger partial charge on any atom is 0.390 e. The zero-order valence-corrected chi connectivity index (χ0v) is 23.8. The lowest BCUT2D eigenvalue weighted by Gasteiger charge is -2.26. The monoisotopic (exact) mass is 653 g/mol. The minimum Gasteiger partial charge on any atom is -0.419 e.